The number of benzene rings is 2. The Morgan fingerprint density at radius 1 is 1.09 bits per heavy atom. The van der Waals surface area contributed by atoms with E-state index >= 15 is 0 Å². The Kier molecular flexibility index (Phi) is 4.11. The van der Waals surface area contributed by atoms with Crippen molar-refractivity contribution in [3.63, 3.8) is 0 Å². The first-order chi connectivity index (χ1) is 10.7. The number of ether oxygens (including phenoxy) is 1. The Morgan fingerprint density at radius 3 is 2.36 bits per heavy atom. The number of nitrogens with one attached hydrogen (secondary N) is 1. The van der Waals surface area contributed by atoms with Crippen LogP contribution in [0.2, 0.25) is 0 Å². The first-order valence-electron chi connectivity index (χ1n) is 7.54. The van der Waals surface area contributed by atoms with E-state index in [1.54, 1.807) is 0 Å². The van der Waals surface area contributed by atoms with Crippen LogP contribution in [-0.4, -0.2) is 19.1 Å². The van der Waals surface area contributed by atoms with Gasteiger partial charge in [0.2, 0.25) is 5.91 Å². The highest BCUT2D eigenvalue weighted by Crippen LogP contribution is 2.48. The number of hydrogen-bond acceptors (Lipinski definition) is 3. The van der Waals surface area contributed by atoms with Crippen molar-refractivity contribution in [2.45, 2.75) is 18.3 Å². The number of hydrogen-bond donors (Lipinski definition) is 2. The van der Waals surface area contributed by atoms with Gasteiger partial charge < -0.3 is 15.8 Å². The minimum absolute atomic E-state index is 0.0642. The number of carbonyl (C=O) groups is 1. The van der Waals surface area contributed by atoms with Gasteiger partial charge in [-0.1, -0.05) is 30.3 Å². The monoisotopic (exact) mass is 296 g/mol. The minimum atomic E-state index is -0.351. The Hall–Kier alpha value is -2.33. The summed E-state index contributed by atoms with van der Waals surface area (Å²) in [4.78, 5) is 12.6. The Bertz CT molecular complexity index is 634. The van der Waals surface area contributed by atoms with Gasteiger partial charge in [0.1, 0.15) is 12.4 Å². The van der Waals surface area contributed by atoms with Crippen molar-refractivity contribution >= 4 is 11.6 Å². The third kappa shape index (κ3) is 2.97. The van der Waals surface area contributed by atoms with E-state index in [2.05, 4.69) is 5.32 Å². The van der Waals surface area contributed by atoms with E-state index in [0.29, 0.717) is 13.2 Å². The van der Waals surface area contributed by atoms with Crippen LogP contribution in [0.4, 0.5) is 5.69 Å². The highest BCUT2D eigenvalue weighted by Gasteiger charge is 2.51. The average Bonchev–Trinajstić information content (AvgIpc) is 3.37. The maximum absolute atomic E-state index is 12.6. The molecule has 0 aliphatic heterocycles. The van der Waals surface area contributed by atoms with Crippen molar-refractivity contribution < 1.29 is 9.53 Å². The second-order valence-electron chi connectivity index (χ2n) is 5.56. The smallest absolute Gasteiger partial charge is 0.235 e. The van der Waals surface area contributed by atoms with Crippen LogP contribution in [0.5, 0.6) is 5.75 Å². The van der Waals surface area contributed by atoms with Crippen molar-refractivity contribution in [1.82, 2.24) is 0 Å². The number of nitrogens with two attached hydrogens (primary N) is 1. The number of anilines is 1. The van der Waals surface area contributed by atoms with Crippen LogP contribution in [0.15, 0.2) is 54.6 Å². The molecule has 0 radical (unpaired) electrons. The van der Waals surface area contributed by atoms with E-state index < -0.39 is 0 Å². The van der Waals surface area contributed by atoms with Crippen molar-refractivity contribution in [3.05, 3.63) is 60.2 Å². The summed E-state index contributed by atoms with van der Waals surface area (Å²) in [7, 11) is 0. The first-order valence-corrected chi connectivity index (χ1v) is 7.54. The van der Waals surface area contributed by atoms with Crippen LogP contribution >= 0.6 is 0 Å². The third-order valence-electron chi connectivity index (χ3n) is 4.01. The quantitative estimate of drug-likeness (QED) is 0.861. The van der Waals surface area contributed by atoms with Gasteiger partial charge in [0.25, 0.3) is 0 Å². The second kappa shape index (κ2) is 6.20. The van der Waals surface area contributed by atoms with Gasteiger partial charge in [-0.05, 0) is 42.7 Å². The molecule has 3 N–H and O–H groups in total. The average molecular weight is 296 g/mol. The molecule has 0 saturated heterocycles. The molecule has 1 fully saturated rings. The summed E-state index contributed by atoms with van der Waals surface area (Å²) < 4.78 is 5.43. The van der Waals surface area contributed by atoms with Gasteiger partial charge in [-0.15, -0.1) is 0 Å². The Morgan fingerprint density at radius 2 is 1.77 bits per heavy atom. The third-order valence-corrected chi connectivity index (χ3v) is 4.01. The molecular formula is C18H20N2O2. The molecule has 1 amide bonds. The summed E-state index contributed by atoms with van der Waals surface area (Å²) in [6.45, 7) is 0.973. The van der Waals surface area contributed by atoms with Gasteiger partial charge in [-0.3, -0.25) is 4.79 Å². The number of amides is 1. The molecule has 22 heavy (non-hydrogen) atoms. The lowest BCUT2D eigenvalue weighted by Gasteiger charge is -2.16. The summed E-state index contributed by atoms with van der Waals surface area (Å²) in [5, 5.41) is 3.01. The minimum Gasteiger partial charge on any atom is -0.492 e. The molecule has 0 aromatic heterocycles. The molecule has 1 aliphatic rings. The van der Waals surface area contributed by atoms with Gasteiger partial charge in [-0.2, -0.15) is 0 Å². The molecule has 0 atom stereocenters. The normalized spacial score (nSPS) is 15.1. The highest BCUT2D eigenvalue weighted by atomic mass is 16.5. The van der Waals surface area contributed by atoms with Crippen molar-refractivity contribution in [2.75, 3.05) is 18.5 Å². The predicted octanol–water partition coefficient (Wildman–Crippen LogP) is 2.69. The first kappa shape index (κ1) is 14.6. The zero-order chi connectivity index (χ0) is 15.4. The number of carbonyl (C=O) groups excluding carboxylic acids is 1. The van der Waals surface area contributed by atoms with E-state index in [9.17, 15) is 4.79 Å². The van der Waals surface area contributed by atoms with Crippen molar-refractivity contribution in [2.24, 2.45) is 5.73 Å². The van der Waals surface area contributed by atoms with E-state index in [-0.39, 0.29) is 11.3 Å². The molecule has 0 bridgehead atoms. The topological polar surface area (TPSA) is 64.3 Å². The summed E-state index contributed by atoms with van der Waals surface area (Å²) in [5.74, 6) is 0.821. The molecule has 2 aromatic carbocycles. The standard InChI is InChI=1S/C18H20N2O2/c19-12-13-22-16-8-6-15(7-9-16)20-17(21)18(10-11-18)14-4-2-1-3-5-14/h1-9H,10-13,19H2,(H,20,21). The van der Waals surface area contributed by atoms with Gasteiger partial charge in [0.15, 0.2) is 0 Å². The molecular weight excluding hydrogens is 276 g/mol. The molecule has 2 aromatic rings. The fraction of sp³-hybridized carbons (Fsp3) is 0.278. The number of rotatable bonds is 6. The van der Waals surface area contributed by atoms with Gasteiger partial charge in [0.05, 0.1) is 5.41 Å². The van der Waals surface area contributed by atoms with Gasteiger partial charge in [0, 0.05) is 12.2 Å². The van der Waals surface area contributed by atoms with E-state index in [1.807, 2.05) is 54.6 Å². The second-order valence-corrected chi connectivity index (χ2v) is 5.56. The molecule has 0 spiro atoms. The van der Waals surface area contributed by atoms with Gasteiger partial charge >= 0.3 is 0 Å². The van der Waals surface area contributed by atoms with Crippen LogP contribution < -0.4 is 15.8 Å². The van der Waals surface area contributed by atoms with Crippen LogP contribution in [-0.2, 0) is 10.2 Å². The maximum atomic E-state index is 12.6. The molecule has 0 unspecified atom stereocenters. The predicted molar refractivity (Wildman–Crippen MR) is 87.0 cm³/mol. The van der Waals surface area contributed by atoms with Crippen LogP contribution in [0.25, 0.3) is 0 Å². The van der Waals surface area contributed by atoms with Crippen LogP contribution in [0.3, 0.4) is 0 Å². The summed E-state index contributed by atoms with van der Waals surface area (Å²) >= 11 is 0. The molecule has 0 heterocycles. The molecule has 4 nitrogen and oxygen atoms in total. The van der Waals surface area contributed by atoms with Crippen LogP contribution in [0.1, 0.15) is 18.4 Å². The molecule has 1 saturated carbocycles. The summed E-state index contributed by atoms with van der Waals surface area (Å²) in [6, 6.07) is 17.4. The largest absolute Gasteiger partial charge is 0.492 e. The van der Waals surface area contributed by atoms with E-state index in [1.165, 1.54) is 0 Å². The zero-order valence-corrected chi connectivity index (χ0v) is 12.4. The lowest BCUT2D eigenvalue weighted by molar-refractivity contribution is -0.118. The molecule has 3 rings (SSSR count). The summed E-state index contributed by atoms with van der Waals surface area (Å²) in [6.07, 6.45) is 1.81. The van der Waals surface area contributed by atoms with E-state index in [4.69, 9.17) is 10.5 Å². The SMILES string of the molecule is NCCOc1ccc(NC(=O)C2(c3ccccc3)CC2)cc1. The molecule has 4 heteroatoms. The summed E-state index contributed by atoms with van der Waals surface area (Å²) in [5.41, 5.74) is 6.93. The fourth-order valence-corrected chi connectivity index (χ4v) is 2.59. The lowest BCUT2D eigenvalue weighted by Crippen LogP contribution is -2.27. The Labute approximate surface area is 130 Å². The molecule has 1 aliphatic carbocycles. The van der Waals surface area contributed by atoms with Crippen LogP contribution in [0, 0.1) is 0 Å². The fourth-order valence-electron chi connectivity index (χ4n) is 2.59. The maximum Gasteiger partial charge on any atom is 0.235 e. The van der Waals surface area contributed by atoms with Crippen molar-refractivity contribution in [3.8, 4) is 5.75 Å². The zero-order valence-electron chi connectivity index (χ0n) is 12.4. The molecule has 114 valence electrons. The highest BCUT2D eigenvalue weighted by molar-refractivity contribution is 6.01. The Balaban J connectivity index is 1.67. The van der Waals surface area contributed by atoms with Gasteiger partial charge in [-0.25, -0.2) is 0 Å². The lowest BCUT2D eigenvalue weighted by atomic mass is 9.95. The van der Waals surface area contributed by atoms with E-state index in [0.717, 1.165) is 29.8 Å². The van der Waals surface area contributed by atoms with Crippen molar-refractivity contribution in [1.29, 1.82) is 0 Å².